The summed E-state index contributed by atoms with van der Waals surface area (Å²) in [5, 5.41) is 32.8. The van der Waals surface area contributed by atoms with Gasteiger partial charge < -0.3 is 24.3 Å². The number of aliphatic hydroxyl groups excluding tert-OH is 1. The number of ether oxygens (including phenoxy) is 2. The predicted molar refractivity (Wildman–Crippen MR) is 144 cm³/mol. The van der Waals surface area contributed by atoms with E-state index in [-0.39, 0.29) is 60.7 Å². The summed E-state index contributed by atoms with van der Waals surface area (Å²) < 4.78 is 14.3. The van der Waals surface area contributed by atoms with Crippen molar-refractivity contribution >= 4 is 22.6 Å². The maximum Gasteiger partial charge on any atom is 0.343 e. The van der Waals surface area contributed by atoms with Crippen LogP contribution in [0.3, 0.4) is 0 Å². The third-order valence-corrected chi connectivity index (χ3v) is 7.73. The number of nitro groups is 1. The summed E-state index contributed by atoms with van der Waals surface area (Å²) in [5.41, 5.74) is 0.481. The molecule has 1 atom stereocenters. The average molecular weight is 560 g/mol. The van der Waals surface area contributed by atoms with Gasteiger partial charge >= 0.3 is 11.7 Å². The van der Waals surface area contributed by atoms with Gasteiger partial charge in [-0.2, -0.15) is 0 Å². The number of carbonyl (C=O) groups is 1. The van der Waals surface area contributed by atoms with Gasteiger partial charge in [0.1, 0.15) is 6.61 Å². The second-order valence-corrected chi connectivity index (χ2v) is 10.1. The highest BCUT2D eigenvalue weighted by molar-refractivity contribution is 5.94. The van der Waals surface area contributed by atoms with Gasteiger partial charge in [0.05, 0.1) is 52.5 Å². The highest BCUT2D eigenvalue weighted by atomic mass is 16.6. The van der Waals surface area contributed by atoms with Crippen LogP contribution in [0, 0.1) is 10.1 Å². The Hall–Kier alpha value is -4.68. The first-order valence-corrected chi connectivity index (χ1v) is 13.2. The van der Waals surface area contributed by atoms with E-state index in [9.17, 15) is 29.9 Å². The monoisotopic (exact) mass is 559 g/mol. The van der Waals surface area contributed by atoms with Gasteiger partial charge in [-0.1, -0.05) is 6.92 Å². The van der Waals surface area contributed by atoms with Crippen LogP contribution in [0.5, 0.6) is 5.75 Å². The number of cyclic esters (lactones) is 1. The van der Waals surface area contributed by atoms with E-state index >= 15 is 0 Å². The number of aromatic nitrogens is 3. The van der Waals surface area contributed by atoms with Crippen molar-refractivity contribution < 1.29 is 34.0 Å². The Morgan fingerprint density at radius 1 is 1.27 bits per heavy atom. The molecule has 41 heavy (non-hydrogen) atoms. The normalized spacial score (nSPS) is 17.1. The first-order valence-electron chi connectivity index (χ1n) is 13.2. The van der Waals surface area contributed by atoms with E-state index in [1.807, 2.05) is 29.1 Å². The van der Waals surface area contributed by atoms with Gasteiger partial charge in [-0.05, 0) is 36.8 Å². The van der Waals surface area contributed by atoms with E-state index in [2.05, 4.69) is 4.98 Å². The van der Waals surface area contributed by atoms with Crippen LogP contribution in [-0.2, 0) is 41.4 Å². The number of nitro benzene ring substituents is 1. The molecule has 2 aliphatic heterocycles. The molecule has 0 saturated carbocycles. The van der Waals surface area contributed by atoms with Crippen LogP contribution in [-0.4, -0.2) is 37.3 Å². The Bertz CT molecular complexity index is 1800. The number of hydrogen-bond donors (Lipinski definition) is 2. The second kappa shape index (κ2) is 10.1. The number of esters is 1. The molecule has 0 spiro atoms. The number of aryl methyl sites for hydroxylation is 1. The second-order valence-electron chi connectivity index (χ2n) is 10.1. The Labute approximate surface area is 233 Å². The molecule has 2 aliphatic rings. The summed E-state index contributed by atoms with van der Waals surface area (Å²) >= 11 is 0. The van der Waals surface area contributed by atoms with Crippen molar-refractivity contribution in [3.8, 4) is 17.1 Å². The number of fused-ring (bicyclic) bond motifs is 5. The lowest BCUT2D eigenvalue weighted by molar-refractivity contribution is -0.697. The zero-order chi connectivity index (χ0) is 28.9. The summed E-state index contributed by atoms with van der Waals surface area (Å²) in [4.78, 5) is 42.1. The van der Waals surface area contributed by atoms with Crippen molar-refractivity contribution in [2.24, 2.45) is 0 Å². The average Bonchev–Trinajstić information content (AvgIpc) is 3.33. The first-order chi connectivity index (χ1) is 19.7. The highest BCUT2D eigenvalue weighted by Crippen LogP contribution is 2.41. The van der Waals surface area contributed by atoms with Crippen LogP contribution in [0.4, 0.5) is 5.69 Å². The number of aliphatic hydroxyl groups is 2. The largest absolute Gasteiger partial charge is 0.487 e. The molecule has 0 fully saturated rings. The van der Waals surface area contributed by atoms with E-state index in [1.165, 1.54) is 10.6 Å². The molecule has 2 N–H and O–H groups in total. The number of nitrogens with zero attached hydrogens (tertiary/aromatic N) is 4. The van der Waals surface area contributed by atoms with Crippen molar-refractivity contribution in [3.05, 3.63) is 91.5 Å². The zero-order valence-corrected chi connectivity index (χ0v) is 22.2. The van der Waals surface area contributed by atoms with Crippen molar-refractivity contribution in [2.75, 3.05) is 6.61 Å². The van der Waals surface area contributed by atoms with Crippen LogP contribution < -0.4 is 14.9 Å². The molecule has 210 valence electrons. The van der Waals surface area contributed by atoms with Gasteiger partial charge in [-0.15, -0.1) is 0 Å². The minimum Gasteiger partial charge on any atom is -0.487 e. The minimum atomic E-state index is -1.94. The molecule has 0 radical (unpaired) electrons. The van der Waals surface area contributed by atoms with Crippen molar-refractivity contribution in [3.63, 3.8) is 0 Å². The molecule has 3 aromatic heterocycles. The van der Waals surface area contributed by atoms with Crippen LogP contribution >= 0.6 is 0 Å². The van der Waals surface area contributed by atoms with E-state index in [1.54, 1.807) is 25.1 Å². The lowest BCUT2D eigenvalue weighted by Gasteiger charge is -2.31. The minimum absolute atomic E-state index is 0.0302. The highest BCUT2D eigenvalue weighted by Gasteiger charge is 2.45. The van der Waals surface area contributed by atoms with Crippen LogP contribution in [0.25, 0.3) is 22.3 Å². The van der Waals surface area contributed by atoms with E-state index < -0.39 is 22.1 Å². The lowest BCUT2D eigenvalue weighted by Crippen LogP contribution is -2.44. The van der Waals surface area contributed by atoms with Gasteiger partial charge in [0.25, 0.3) is 5.56 Å². The quantitative estimate of drug-likeness (QED) is 0.0956. The maximum absolute atomic E-state index is 13.4. The Balaban J connectivity index is 1.33. The standard InChI is InChI=1S/C29H27N4O8/c1-2-29(37)21-12-23-25-18(14-32(23)27(35)20(21)16-41-28(29)36)11-19-22(30-25)6-7-24(26(19)33(38)39)40-10-4-9-31-8-3-5-17(13-31)15-34/h3,5-8,11-13,34,37H,2,4,9-10,14-16H2,1H3/q+1/t29-/m0/s1. The third-order valence-electron chi connectivity index (χ3n) is 7.73. The molecular formula is C29H27N4O8+. The van der Waals surface area contributed by atoms with Gasteiger partial charge in [0, 0.05) is 29.2 Å². The summed E-state index contributed by atoms with van der Waals surface area (Å²) in [6.07, 6.45) is 4.31. The Morgan fingerprint density at radius 3 is 2.85 bits per heavy atom. The van der Waals surface area contributed by atoms with Gasteiger partial charge in [-0.3, -0.25) is 14.9 Å². The van der Waals surface area contributed by atoms with Crippen molar-refractivity contribution in [1.29, 1.82) is 0 Å². The number of carbonyl (C=O) groups excluding carboxylic acids is 1. The van der Waals surface area contributed by atoms with Gasteiger partial charge in [0.15, 0.2) is 30.3 Å². The number of pyridine rings is 3. The SMILES string of the molecule is CC[C@@]1(O)C(=O)OCc2c1cc1n(c2=O)Cc2cc3c([N+](=O)[O-])c(OCCC[n+]4cccc(CO)c4)ccc3nc2-1. The van der Waals surface area contributed by atoms with Crippen LogP contribution in [0.2, 0.25) is 0 Å². The summed E-state index contributed by atoms with van der Waals surface area (Å²) in [5.74, 6) is -0.688. The summed E-state index contributed by atoms with van der Waals surface area (Å²) in [6.45, 7) is 2.30. The topological polar surface area (TPSA) is 158 Å². The molecule has 0 unspecified atom stereocenters. The van der Waals surface area contributed by atoms with Gasteiger partial charge in [0.2, 0.25) is 0 Å². The smallest absolute Gasteiger partial charge is 0.343 e. The van der Waals surface area contributed by atoms with Crippen molar-refractivity contribution in [2.45, 2.75) is 51.7 Å². The molecule has 0 saturated heterocycles. The van der Waals surface area contributed by atoms with Gasteiger partial charge in [-0.25, -0.2) is 14.3 Å². The van der Waals surface area contributed by atoms with Crippen LogP contribution in [0.1, 0.15) is 42.0 Å². The lowest BCUT2D eigenvalue weighted by atomic mass is 9.86. The molecule has 12 nitrogen and oxygen atoms in total. The number of hydrogen-bond acceptors (Lipinski definition) is 9. The fourth-order valence-electron chi connectivity index (χ4n) is 5.56. The third kappa shape index (κ3) is 4.32. The molecule has 6 rings (SSSR count). The Morgan fingerprint density at radius 2 is 2.10 bits per heavy atom. The van der Waals surface area contributed by atoms with E-state index in [4.69, 9.17) is 9.47 Å². The summed E-state index contributed by atoms with van der Waals surface area (Å²) in [6, 6.07) is 10.1. The van der Waals surface area contributed by atoms with Crippen LogP contribution in [0.15, 0.2) is 53.6 Å². The molecule has 1 aromatic carbocycles. The van der Waals surface area contributed by atoms with E-state index in [0.29, 0.717) is 35.4 Å². The summed E-state index contributed by atoms with van der Waals surface area (Å²) in [7, 11) is 0. The number of benzene rings is 1. The molecule has 0 bridgehead atoms. The molecular weight excluding hydrogens is 532 g/mol. The molecule has 0 amide bonds. The molecule has 5 heterocycles. The fraction of sp³-hybridized carbons (Fsp3) is 0.310. The van der Waals surface area contributed by atoms with Crippen molar-refractivity contribution in [1.82, 2.24) is 9.55 Å². The maximum atomic E-state index is 13.4. The predicted octanol–water partition coefficient (Wildman–Crippen LogP) is 2.24. The first kappa shape index (κ1) is 26.5. The molecule has 4 aromatic rings. The Kier molecular flexibility index (Phi) is 6.51. The fourth-order valence-corrected chi connectivity index (χ4v) is 5.56. The zero-order valence-electron chi connectivity index (χ0n) is 22.2. The number of rotatable bonds is 8. The molecule has 0 aliphatic carbocycles. The molecule has 12 heteroatoms. The van der Waals surface area contributed by atoms with E-state index in [0.717, 1.165) is 5.56 Å².